The summed E-state index contributed by atoms with van der Waals surface area (Å²) < 4.78 is 12.2. The second-order valence-electron chi connectivity index (χ2n) is 11.2. The number of aliphatic carboxylic acids is 1. The summed E-state index contributed by atoms with van der Waals surface area (Å²) in [5.74, 6) is -0.499. The summed E-state index contributed by atoms with van der Waals surface area (Å²) >= 11 is 0. The standard InChI is InChI=1S/C33H46O5/c1-22(2)12-9-13-23(3)14-10-15-24(4)16-11-20-33(8)21-19-28-27(7)31(25(5)26(6)32(28)38-33)37-30(36)18-17-29(34)35/h12,14,16-18H,9-11,13,15,19-21H2,1-8H3,(H,34,35)/b18-17-,23-14+,24-16+/t33-/m1/s1. The van der Waals surface area contributed by atoms with Crippen LogP contribution in [0.4, 0.5) is 0 Å². The van der Waals surface area contributed by atoms with E-state index in [2.05, 4.69) is 52.8 Å². The number of fused-ring (bicyclic) bond motifs is 1. The molecule has 1 aromatic carbocycles. The first-order valence-electron chi connectivity index (χ1n) is 13.7. The summed E-state index contributed by atoms with van der Waals surface area (Å²) in [5, 5.41) is 8.76. The summed E-state index contributed by atoms with van der Waals surface area (Å²) in [7, 11) is 0. The molecule has 1 atom stereocenters. The molecule has 0 fully saturated rings. The average molecular weight is 523 g/mol. The third-order valence-electron chi connectivity index (χ3n) is 7.42. The van der Waals surface area contributed by atoms with Crippen LogP contribution >= 0.6 is 0 Å². The van der Waals surface area contributed by atoms with E-state index < -0.39 is 11.9 Å². The molecule has 2 rings (SSSR count). The molecule has 5 nitrogen and oxygen atoms in total. The zero-order chi connectivity index (χ0) is 28.5. The number of carboxylic acids is 1. The van der Waals surface area contributed by atoms with Crippen molar-refractivity contribution in [3.05, 3.63) is 69.4 Å². The Bertz CT molecular complexity index is 1140. The zero-order valence-electron chi connectivity index (χ0n) is 24.6. The van der Waals surface area contributed by atoms with Crippen LogP contribution in [0.15, 0.2) is 47.1 Å². The van der Waals surface area contributed by atoms with E-state index >= 15 is 0 Å². The highest BCUT2D eigenvalue weighted by Crippen LogP contribution is 2.44. The Labute approximate surface area is 229 Å². The Morgan fingerprint density at radius 2 is 1.50 bits per heavy atom. The van der Waals surface area contributed by atoms with Gasteiger partial charge in [0.25, 0.3) is 0 Å². The quantitative estimate of drug-likeness (QED) is 0.129. The van der Waals surface area contributed by atoms with Gasteiger partial charge in [0.05, 0.1) is 0 Å². The monoisotopic (exact) mass is 522 g/mol. The van der Waals surface area contributed by atoms with Crippen LogP contribution in [0.1, 0.15) is 102 Å². The molecule has 1 aliphatic rings. The van der Waals surface area contributed by atoms with Gasteiger partial charge in [-0.05, 0) is 123 Å². The van der Waals surface area contributed by atoms with Crippen LogP contribution in [0.3, 0.4) is 0 Å². The van der Waals surface area contributed by atoms with Gasteiger partial charge >= 0.3 is 11.9 Å². The van der Waals surface area contributed by atoms with Crippen molar-refractivity contribution >= 4 is 11.9 Å². The molecule has 0 bridgehead atoms. The lowest BCUT2D eigenvalue weighted by Crippen LogP contribution is -2.37. The van der Waals surface area contributed by atoms with E-state index in [-0.39, 0.29) is 5.60 Å². The Morgan fingerprint density at radius 1 is 0.895 bits per heavy atom. The van der Waals surface area contributed by atoms with Crippen molar-refractivity contribution in [3.63, 3.8) is 0 Å². The predicted molar refractivity (Wildman–Crippen MR) is 155 cm³/mol. The molecule has 0 amide bonds. The van der Waals surface area contributed by atoms with E-state index in [0.29, 0.717) is 5.75 Å². The molecular weight excluding hydrogens is 476 g/mol. The number of allylic oxidation sites excluding steroid dienone is 6. The summed E-state index contributed by atoms with van der Waals surface area (Å²) in [5.41, 5.74) is 7.75. The van der Waals surface area contributed by atoms with Crippen LogP contribution < -0.4 is 9.47 Å². The first-order valence-corrected chi connectivity index (χ1v) is 13.7. The van der Waals surface area contributed by atoms with Crippen molar-refractivity contribution in [2.45, 2.75) is 112 Å². The number of carboxylic acid groups (broad SMARTS) is 1. The maximum Gasteiger partial charge on any atom is 0.336 e. The Kier molecular flexibility index (Phi) is 11.6. The van der Waals surface area contributed by atoms with Crippen LogP contribution in [0.25, 0.3) is 0 Å². The number of carbonyl (C=O) groups is 2. The van der Waals surface area contributed by atoms with Gasteiger partial charge in [-0.2, -0.15) is 0 Å². The highest BCUT2D eigenvalue weighted by atomic mass is 16.5. The van der Waals surface area contributed by atoms with E-state index in [1.54, 1.807) is 0 Å². The van der Waals surface area contributed by atoms with Crippen LogP contribution in [-0.2, 0) is 16.0 Å². The predicted octanol–water partition coefficient (Wildman–Crippen LogP) is 8.44. The lowest BCUT2D eigenvalue weighted by Gasteiger charge is -2.38. The van der Waals surface area contributed by atoms with Gasteiger partial charge in [0.1, 0.15) is 17.1 Å². The second kappa shape index (κ2) is 14.2. The van der Waals surface area contributed by atoms with E-state index in [4.69, 9.17) is 14.6 Å². The Hall–Kier alpha value is -3.08. The van der Waals surface area contributed by atoms with E-state index in [0.717, 1.165) is 91.5 Å². The molecular formula is C33H46O5. The zero-order valence-corrected chi connectivity index (χ0v) is 24.6. The molecule has 1 aromatic rings. The average Bonchev–Trinajstić information content (AvgIpc) is 2.83. The molecule has 0 spiro atoms. The maximum absolute atomic E-state index is 12.1. The maximum atomic E-state index is 12.1. The molecule has 0 unspecified atom stereocenters. The Balaban J connectivity index is 2.00. The molecule has 0 radical (unpaired) electrons. The van der Waals surface area contributed by atoms with Crippen LogP contribution in [0, 0.1) is 20.8 Å². The minimum atomic E-state index is -1.19. The Morgan fingerprint density at radius 3 is 2.11 bits per heavy atom. The van der Waals surface area contributed by atoms with Gasteiger partial charge < -0.3 is 14.6 Å². The van der Waals surface area contributed by atoms with Crippen molar-refractivity contribution in [3.8, 4) is 11.5 Å². The van der Waals surface area contributed by atoms with Gasteiger partial charge in [-0.15, -0.1) is 0 Å². The largest absolute Gasteiger partial charge is 0.487 e. The molecule has 0 aromatic heterocycles. The first kappa shape index (κ1) is 31.1. The van der Waals surface area contributed by atoms with Crippen LogP contribution in [-0.4, -0.2) is 22.6 Å². The summed E-state index contributed by atoms with van der Waals surface area (Å²) in [6.07, 6.45) is 16.8. The number of esters is 1. The molecule has 5 heteroatoms. The highest BCUT2D eigenvalue weighted by molar-refractivity contribution is 5.92. The summed E-state index contributed by atoms with van der Waals surface area (Å²) in [4.78, 5) is 22.8. The fraction of sp³-hybridized carbons (Fsp3) is 0.515. The minimum Gasteiger partial charge on any atom is -0.487 e. The SMILES string of the molecule is CC(C)=CCC/C(C)=C/CC/C(C)=C/CC[C@]1(C)CCc2c(C)c(OC(=O)/C=C\C(=O)O)c(C)c(C)c2O1. The fourth-order valence-corrected chi connectivity index (χ4v) is 4.85. The molecule has 0 saturated heterocycles. The van der Waals surface area contributed by atoms with Crippen molar-refractivity contribution in [2.24, 2.45) is 0 Å². The van der Waals surface area contributed by atoms with Gasteiger partial charge in [-0.1, -0.05) is 34.9 Å². The minimum absolute atomic E-state index is 0.253. The van der Waals surface area contributed by atoms with Gasteiger partial charge in [-0.3, -0.25) is 0 Å². The van der Waals surface area contributed by atoms with Crippen molar-refractivity contribution in [1.29, 1.82) is 0 Å². The van der Waals surface area contributed by atoms with E-state index in [1.807, 2.05) is 20.8 Å². The molecule has 1 aliphatic heterocycles. The molecule has 0 saturated carbocycles. The van der Waals surface area contributed by atoms with Crippen molar-refractivity contribution < 1.29 is 24.2 Å². The van der Waals surface area contributed by atoms with E-state index in [9.17, 15) is 9.59 Å². The van der Waals surface area contributed by atoms with Gasteiger partial charge in [0, 0.05) is 17.7 Å². The van der Waals surface area contributed by atoms with Gasteiger partial charge in [0.15, 0.2) is 0 Å². The molecule has 208 valence electrons. The fourth-order valence-electron chi connectivity index (χ4n) is 4.85. The molecule has 0 aliphatic carbocycles. The summed E-state index contributed by atoms with van der Waals surface area (Å²) in [6, 6.07) is 0. The molecule has 1 N–H and O–H groups in total. The number of rotatable bonds is 12. The summed E-state index contributed by atoms with van der Waals surface area (Å²) in [6.45, 7) is 16.8. The second-order valence-corrected chi connectivity index (χ2v) is 11.2. The highest BCUT2D eigenvalue weighted by Gasteiger charge is 2.34. The van der Waals surface area contributed by atoms with Gasteiger partial charge in [0.2, 0.25) is 0 Å². The van der Waals surface area contributed by atoms with E-state index in [1.165, 1.54) is 16.7 Å². The number of carbonyl (C=O) groups excluding carboxylic acids is 1. The van der Waals surface area contributed by atoms with Crippen molar-refractivity contribution in [1.82, 2.24) is 0 Å². The lowest BCUT2D eigenvalue weighted by molar-refractivity contribution is -0.133. The molecule has 38 heavy (non-hydrogen) atoms. The first-order chi connectivity index (χ1) is 17.8. The third kappa shape index (κ3) is 9.34. The number of ether oxygens (including phenoxy) is 2. The number of benzene rings is 1. The van der Waals surface area contributed by atoms with Crippen LogP contribution in [0.2, 0.25) is 0 Å². The third-order valence-corrected chi connectivity index (χ3v) is 7.42. The number of hydrogen-bond donors (Lipinski definition) is 1. The van der Waals surface area contributed by atoms with Gasteiger partial charge in [-0.25, -0.2) is 9.59 Å². The molecule has 1 heterocycles. The normalized spacial score (nSPS) is 17.7. The topological polar surface area (TPSA) is 72.8 Å². The van der Waals surface area contributed by atoms with Crippen LogP contribution in [0.5, 0.6) is 11.5 Å². The van der Waals surface area contributed by atoms with Crippen molar-refractivity contribution in [2.75, 3.05) is 0 Å². The lowest BCUT2D eigenvalue weighted by atomic mass is 9.85. The smallest absolute Gasteiger partial charge is 0.336 e. The number of hydrogen-bond acceptors (Lipinski definition) is 4.